The Labute approximate surface area is 230 Å². The predicted molar refractivity (Wildman–Crippen MR) is 154 cm³/mol. The molecule has 2 atom stereocenters. The lowest BCUT2D eigenvalue weighted by Gasteiger charge is -2.26. The van der Waals surface area contributed by atoms with E-state index in [1.54, 1.807) is 19.4 Å². The van der Waals surface area contributed by atoms with Crippen LogP contribution in [0.2, 0.25) is 0 Å². The van der Waals surface area contributed by atoms with Gasteiger partial charge in [-0.2, -0.15) is 5.10 Å². The number of hydrogen-bond acceptors (Lipinski definition) is 7. The summed E-state index contributed by atoms with van der Waals surface area (Å²) in [5, 5.41) is 6.07. The SMILES string of the molecule is COC(=O)c1cnn(-c2cc(C)cc(-c3cccc(C(=O)N4CCCCC4)c3)c2)c1C1CP1/C(N)=C/N(C)N. The van der Waals surface area contributed by atoms with Gasteiger partial charge in [-0.1, -0.05) is 18.2 Å². The first kappa shape index (κ1) is 26.9. The molecule has 0 bridgehead atoms. The Bertz CT molecular complexity index is 1430. The van der Waals surface area contributed by atoms with Gasteiger partial charge in [0, 0.05) is 43.0 Å². The maximum atomic E-state index is 13.2. The number of hydrogen-bond donors (Lipinski definition) is 2. The number of benzene rings is 2. The fourth-order valence-corrected chi connectivity index (χ4v) is 7.40. The maximum absolute atomic E-state index is 13.2. The molecule has 3 aromatic rings. The third-order valence-corrected chi connectivity index (χ3v) is 9.45. The number of hydrazine groups is 1. The molecule has 5 rings (SSSR count). The topological polar surface area (TPSA) is 120 Å². The van der Waals surface area contributed by atoms with Gasteiger partial charge in [0.15, 0.2) is 0 Å². The summed E-state index contributed by atoms with van der Waals surface area (Å²) in [5.74, 6) is 5.43. The normalized spacial score (nSPS) is 19.1. The molecule has 0 spiro atoms. The third-order valence-electron chi connectivity index (χ3n) is 7.20. The van der Waals surface area contributed by atoms with Crippen molar-refractivity contribution in [1.82, 2.24) is 19.7 Å². The van der Waals surface area contributed by atoms with Gasteiger partial charge in [-0.05, 0) is 81.2 Å². The number of nitrogens with two attached hydrogens (primary N) is 2. The van der Waals surface area contributed by atoms with Gasteiger partial charge in [0.1, 0.15) is 5.56 Å². The third kappa shape index (κ3) is 5.70. The Kier molecular flexibility index (Phi) is 7.73. The van der Waals surface area contributed by atoms with Crippen molar-refractivity contribution < 1.29 is 14.3 Å². The van der Waals surface area contributed by atoms with E-state index in [2.05, 4.69) is 11.2 Å². The molecule has 2 fully saturated rings. The highest BCUT2D eigenvalue weighted by molar-refractivity contribution is 7.69. The van der Waals surface area contributed by atoms with Gasteiger partial charge in [-0.25, -0.2) is 15.3 Å². The fourth-order valence-electron chi connectivity index (χ4n) is 5.26. The van der Waals surface area contributed by atoms with E-state index in [9.17, 15) is 9.59 Å². The molecule has 1 aromatic heterocycles. The van der Waals surface area contributed by atoms with Gasteiger partial charge >= 0.3 is 5.97 Å². The summed E-state index contributed by atoms with van der Waals surface area (Å²) in [5.41, 5.74) is 12.9. The highest BCUT2D eigenvalue weighted by atomic mass is 31.1. The zero-order valence-corrected chi connectivity index (χ0v) is 23.5. The number of carbonyl (C=O) groups excluding carboxylic acids is 2. The molecule has 4 N–H and O–H groups in total. The second-order valence-electron chi connectivity index (χ2n) is 10.2. The molecule has 3 heterocycles. The summed E-state index contributed by atoms with van der Waals surface area (Å²) < 4.78 is 6.90. The summed E-state index contributed by atoms with van der Waals surface area (Å²) >= 11 is 0. The Hall–Kier alpha value is -3.68. The first-order valence-corrected chi connectivity index (χ1v) is 14.8. The zero-order chi connectivity index (χ0) is 27.7. The van der Waals surface area contributed by atoms with E-state index >= 15 is 0 Å². The van der Waals surface area contributed by atoms with Crippen LogP contribution in [-0.2, 0) is 4.74 Å². The molecular formula is C29H35N6O3P. The highest BCUT2D eigenvalue weighted by Crippen LogP contribution is 2.73. The maximum Gasteiger partial charge on any atom is 0.341 e. The van der Waals surface area contributed by atoms with Crippen LogP contribution in [0.25, 0.3) is 16.8 Å². The van der Waals surface area contributed by atoms with Gasteiger partial charge in [0.25, 0.3) is 5.91 Å². The predicted octanol–water partition coefficient (Wildman–Crippen LogP) is 4.36. The second kappa shape index (κ2) is 11.2. The number of esters is 1. The first-order valence-electron chi connectivity index (χ1n) is 13.2. The Morgan fingerprint density at radius 3 is 2.62 bits per heavy atom. The van der Waals surface area contributed by atoms with Crippen molar-refractivity contribution in [2.45, 2.75) is 31.8 Å². The highest BCUT2D eigenvalue weighted by Gasteiger charge is 2.45. The van der Waals surface area contributed by atoms with Crippen LogP contribution >= 0.6 is 7.92 Å². The number of methoxy groups -OCH3 is 1. The lowest BCUT2D eigenvalue weighted by atomic mass is 9.99. The monoisotopic (exact) mass is 546 g/mol. The molecule has 2 saturated heterocycles. The smallest absolute Gasteiger partial charge is 0.341 e. The molecule has 39 heavy (non-hydrogen) atoms. The molecule has 0 saturated carbocycles. The van der Waals surface area contributed by atoms with E-state index < -0.39 is 13.9 Å². The number of ether oxygens (including phenoxy) is 1. The fraction of sp³-hybridized carbons (Fsp3) is 0.345. The lowest BCUT2D eigenvalue weighted by Crippen LogP contribution is -2.35. The van der Waals surface area contributed by atoms with E-state index in [0.29, 0.717) is 11.1 Å². The lowest BCUT2D eigenvalue weighted by molar-refractivity contribution is 0.0599. The standard InChI is InChI=1S/C29H35N6O3P/c1-19-12-22(20-8-7-9-21(14-20)28(36)34-10-5-4-6-11-34)15-23(13-19)35-27(24(16-32-35)29(37)38-3)25-18-39(25)26(30)17-33(2)31/h7-9,12-17,25H,4-6,10-11,18,30-31H2,1-3H3/b26-17+. The number of nitrogens with zero attached hydrogens (tertiary/aromatic N) is 4. The van der Waals surface area contributed by atoms with E-state index in [-0.39, 0.29) is 11.6 Å². The molecule has 2 aliphatic heterocycles. The minimum Gasteiger partial charge on any atom is -0.465 e. The molecule has 2 unspecified atom stereocenters. The van der Waals surface area contributed by atoms with Crippen molar-refractivity contribution in [2.75, 3.05) is 33.4 Å². The summed E-state index contributed by atoms with van der Waals surface area (Å²) in [6.07, 6.45) is 7.44. The number of piperidine rings is 1. The van der Waals surface area contributed by atoms with Gasteiger partial charge in [0.2, 0.25) is 0 Å². The van der Waals surface area contributed by atoms with Crippen LogP contribution in [0.1, 0.15) is 56.9 Å². The molecule has 0 aliphatic carbocycles. The quantitative estimate of drug-likeness (QED) is 0.196. The Morgan fingerprint density at radius 1 is 1.13 bits per heavy atom. The molecule has 10 heteroatoms. The number of aryl methyl sites for hydroxylation is 1. The van der Waals surface area contributed by atoms with Gasteiger partial charge in [0.05, 0.1) is 24.7 Å². The van der Waals surface area contributed by atoms with Crippen LogP contribution in [-0.4, -0.2) is 65.0 Å². The summed E-state index contributed by atoms with van der Waals surface area (Å²) in [4.78, 5) is 27.8. The molecule has 9 nitrogen and oxygen atoms in total. The molecule has 204 valence electrons. The minimum absolute atomic E-state index is 0.0715. The van der Waals surface area contributed by atoms with Crippen LogP contribution in [0.15, 0.2) is 60.3 Å². The van der Waals surface area contributed by atoms with Crippen LogP contribution in [0.4, 0.5) is 0 Å². The second-order valence-corrected chi connectivity index (χ2v) is 12.7. The van der Waals surface area contributed by atoms with Crippen molar-refractivity contribution in [2.24, 2.45) is 11.6 Å². The van der Waals surface area contributed by atoms with Gasteiger partial charge < -0.3 is 20.4 Å². The minimum atomic E-state index is -0.682. The van der Waals surface area contributed by atoms with Crippen LogP contribution < -0.4 is 11.6 Å². The number of likely N-dealkylation sites (tertiary alicyclic amines) is 1. The van der Waals surface area contributed by atoms with Crippen molar-refractivity contribution >= 4 is 19.8 Å². The number of rotatable bonds is 7. The van der Waals surface area contributed by atoms with Gasteiger partial charge in [-0.15, -0.1) is 0 Å². The number of aromatic nitrogens is 2. The summed E-state index contributed by atoms with van der Waals surface area (Å²) in [7, 11) is 2.42. The first-order chi connectivity index (χ1) is 18.8. The van der Waals surface area contributed by atoms with Crippen molar-refractivity contribution in [1.29, 1.82) is 0 Å². The average molecular weight is 547 g/mol. The Balaban J connectivity index is 1.51. The van der Waals surface area contributed by atoms with Crippen molar-refractivity contribution in [3.05, 3.63) is 82.7 Å². The molecule has 2 aromatic carbocycles. The van der Waals surface area contributed by atoms with Gasteiger partial charge in [-0.3, -0.25) is 4.79 Å². The largest absolute Gasteiger partial charge is 0.465 e. The van der Waals surface area contributed by atoms with Crippen LogP contribution in [0.5, 0.6) is 0 Å². The average Bonchev–Trinajstić information content (AvgIpc) is 3.62. The van der Waals surface area contributed by atoms with Crippen LogP contribution in [0.3, 0.4) is 0 Å². The Morgan fingerprint density at radius 2 is 1.90 bits per heavy atom. The van der Waals surface area contributed by atoms with Crippen LogP contribution in [0, 0.1) is 6.92 Å². The molecule has 2 aliphatic rings. The summed E-state index contributed by atoms with van der Waals surface area (Å²) in [6, 6.07) is 14.0. The molecule has 0 radical (unpaired) electrons. The number of amides is 1. The number of carbonyl (C=O) groups is 2. The van der Waals surface area contributed by atoms with E-state index in [0.717, 1.165) is 65.6 Å². The molecular weight excluding hydrogens is 511 g/mol. The zero-order valence-electron chi connectivity index (χ0n) is 22.6. The van der Waals surface area contributed by atoms with E-state index in [4.69, 9.17) is 16.3 Å². The van der Waals surface area contributed by atoms with Crippen molar-refractivity contribution in [3.8, 4) is 16.8 Å². The van der Waals surface area contributed by atoms with E-state index in [1.165, 1.54) is 18.5 Å². The van der Waals surface area contributed by atoms with E-state index in [1.807, 2.05) is 52.9 Å². The van der Waals surface area contributed by atoms with Crippen molar-refractivity contribution in [3.63, 3.8) is 0 Å². The summed E-state index contributed by atoms with van der Waals surface area (Å²) in [6.45, 7) is 3.66. The molecule has 1 amide bonds.